The lowest BCUT2D eigenvalue weighted by molar-refractivity contribution is 0.0901. The third kappa shape index (κ3) is 5.95. The van der Waals surface area contributed by atoms with Gasteiger partial charge in [0.2, 0.25) is 11.2 Å². The second-order valence-electron chi connectivity index (χ2n) is 9.03. The van der Waals surface area contributed by atoms with Gasteiger partial charge in [0.15, 0.2) is 11.5 Å². The van der Waals surface area contributed by atoms with Crippen LogP contribution < -0.4 is 20.2 Å². The van der Waals surface area contributed by atoms with E-state index >= 15 is 0 Å². The average Bonchev–Trinajstić information content (AvgIpc) is 2.90. The van der Waals surface area contributed by atoms with E-state index in [1.807, 2.05) is 12.1 Å². The molecule has 0 radical (unpaired) electrons. The lowest BCUT2D eigenvalue weighted by Gasteiger charge is -2.34. The molecule has 0 spiro atoms. The summed E-state index contributed by atoms with van der Waals surface area (Å²) in [6.45, 7) is 4.14. The Morgan fingerprint density at radius 3 is 2.22 bits per heavy atom. The number of likely N-dealkylation sites (tertiary alicyclic amines) is 1. The highest BCUT2D eigenvalue weighted by molar-refractivity contribution is 6.00. The van der Waals surface area contributed by atoms with E-state index in [9.17, 15) is 14.7 Å². The van der Waals surface area contributed by atoms with Gasteiger partial charge in [-0.15, -0.1) is 0 Å². The molecule has 0 bridgehead atoms. The van der Waals surface area contributed by atoms with Crippen molar-refractivity contribution < 1.29 is 23.8 Å². The number of rotatable bonds is 9. The summed E-state index contributed by atoms with van der Waals surface area (Å²) in [5.41, 5.74) is 1.06. The van der Waals surface area contributed by atoms with Crippen molar-refractivity contribution in [3.63, 3.8) is 0 Å². The van der Waals surface area contributed by atoms with Crippen molar-refractivity contribution in [2.24, 2.45) is 0 Å². The lowest BCUT2D eigenvalue weighted by atomic mass is 9.97. The SMILES string of the molecule is COc1ccc(CN2CCC(NC(C(=O)c3ccc(OC)cc3)c3oc(C)cc(=O)c3O)CC2)cc1. The number of methoxy groups -OCH3 is 2. The molecule has 2 aromatic carbocycles. The van der Waals surface area contributed by atoms with Crippen LogP contribution in [-0.2, 0) is 6.54 Å². The highest BCUT2D eigenvalue weighted by Gasteiger charge is 2.32. The van der Waals surface area contributed by atoms with Crippen LogP contribution in [0.3, 0.4) is 0 Å². The fourth-order valence-corrected chi connectivity index (χ4v) is 4.50. The van der Waals surface area contributed by atoms with Crippen molar-refractivity contribution in [1.82, 2.24) is 10.2 Å². The van der Waals surface area contributed by atoms with Crippen molar-refractivity contribution in [3.8, 4) is 17.2 Å². The van der Waals surface area contributed by atoms with Gasteiger partial charge in [0.05, 0.1) is 14.2 Å². The van der Waals surface area contributed by atoms with Crippen LogP contribution in [0.1, 0.15) is 46.3 Å². The van der Waals surface area contributed by atoms with Crippen LogP contribution in [0.25, 0.3) is 0 Å². The lowest BCUT2D eigenvalue weighted by Crippen LogP contribution is -2.45. The molecule has 0 saturated carbocycles. The van der Waals surface area contributed by atoms with Gasteiger partial charge in [0, 0.05) is 24.2 Å². The van der Waals surface area contributed by atoms with Crippen molar-refractivity contribution in [3.05, 3.63) is 87.5 Å². The van der Waals surface area contributed by atoms with Gasteiger partial charge in [-0.2, -0.15) is 0 Å². The Morgan fingerprint density at radius 1 is 1.06 bits per heavy atom. The van der Waals surface area contributed by atoms with E-state index in [-0.39, 0.29) is 17.6 Å². The number of benzene rings is 2. The molecule has 1 saturated heterocycles. The molecule has 8 heteroatoms. The van der Waals surface area contributed by atoms with E-state index < -0.39 is 17.2 Å². The molecule has 4 rings (SSSR count). The topological polar surface area (TPSA) is 101 Å². The maximum atomic E-state index is 13.6. The first-order valence-electron chi connectivity index (χ1n) is 12.0. The number of ether oxygens (including phenoxy) is 2. The van der Waals surface area contributed by atoms with E-state index in [0.29, 0.717) is 17.1 Å². The summed E-state index contributed by atoms with van der Waals surface area (Å²) in [5, 5.41) is 13.9. The molecule has 0 aliphatic carbocycles. The number of nitrogens with zero attached hydrogens (tertiary/aromatic N) is 1. The van der Waals surface area contributed by atoms with E-state index in [1.165, 1.54) is 11.6 Å². The number of hydrogen-bond acceptors (Lipinski definition) is 8. The van der Waals surface area contributed by atoms with Crippen LogP contribution in [0.15, 0.2) is 63.8 Å². The Hall–Kier alpha value is -3.62. The van der Waals surface area contributed by atoms with Gasteiger partial charge < -0.3 is 19.0 Å². The number of carbonyl (C=O) groups is 1. The molecule has 1 aliphatic heterocycles. The molecule has 1 aliphatic rings. The Balaban J connectivity index is 1.49. The minimum atomic E-state index is -0.996. The van der Waals surface area contributed by atoms with Crippen LogP contribution in [0.5, 0.6) is 17.2 Å². The first kappa shape index (κ1) is 25.5. The van der Waals surface area contributed by atoms with Gasteiger partial charge in [-0.05, 0) is 74.8 Å². The Bertz CT molecular complexity index is 1230. The maximum absolute atomic E-state index is 13.6. The predicted molar refractivity (Wildman–Crippen MR) is 136 cm³/mol. The summed E-state index contributed by atoms with van der Waals surface area (Å²) >= 11 is 0. The zero-order valence-electron chi connectivity index (χ0n) is 20.8. The molecule has 36 heavy (non-hydrogen) atoms. The van der Waals surface area contributed by atoms with E-state index in [1.54, 1.807) is 45.4 Å². The Labute approximate surface area is 210 Å². The molecular formula is C28H32N2O6. The van der Waals surface area contributed by atoms with E-state index in [4.69, 9.17) is 13.9 Å². The standard InChI is InChI=1S/C28H32N2O6/c1-18-16-24(31)27(33)28(36-18)25(26(32)20-6-10-23(35-3)11-7-20)29-21-12-14-30(15-13-21)17-19-4-8-22(34-2)9-5-19/h4-11,16,21,25,29,33H,12-15,17H2,1-3H3. The number of Topliss-reactive ketones (excluding diaryl/α,β-unsaturated/α-hetero) is 1. The molecule has 1 atom stereocenters. The number of nitrogens with one attached hydrogen (secondary N) is 1. The van der Waals surface area contributed by atoms with E-state index in [2.05, 4.69) is 22.3 Å². The maximum Gasteiger partial charge on any atom is 0.227 e. The van der Waals surface area contributed by atoms with Crippen LogP contribution in [0.4, 0.5) is 0 Å². The second kappa shape index (κ2) is 11.4. The molecule has 2 heterocycles. The first-order chi connectivity index (χ1) is 17.4. The largest absolute Gasteiger partial charge is 0.502 e. The van der Waals surface area contributed by atoms with Gasteiger partial charge in [0.25, 0.3) is 0 Å². The third-order valence-electron chi connectivity index (χ3n) is 6.53. The Kier molecular flexibility index (Phi) is 8.07. The summed E-state index contributed by atoms with van der Waals surface area (Å²) in [7, 11) is 3.21. The van der Waals surface area contributed by atoms with Crippen LogP contribution >= 0.6 is 0 Å². The molecule has 1 aromatic heterocycles. The highest BCUT2D eigenvalue weighted by atomic mass is 16.5. The summed E-state index contributed by atoms with van der Waals surface area (Å²) in [5.74, 6) is 0.905. The monoisotopic (exact) mass is 492 g/mol. The number of hydrogen-bond donors (Lipinski definition) is 2. The molecule has 1 unspecified atom stereocenters. The minimum absolute atomic E-state index is 0.00882. The van der Waals surface area contributed by atoms with Gasteiger partial charge in [-0.1, -0.05) is 12.1 Å². The summed E-state index contributed by atoms with van der Waals surface area (Å²) < 4.78 is 16.1. The quantitative estimate of drug-likeness (QED) is 0.435. The summed E-state index contributed by atoms with van der Waals surface area (Å²) in [4.78, 5) is 28.2. The predicted octanol–water partition coefficient (Wildman–Crippen LogP) is 3.85. The number of ketones is 1. The smallest absolute Gasteiger partial charge is 0.227 e. The molecule has 0 amide bonds. The summed E-state index contributed by atoms with van der Waals surface area (Å²) in [6, 6.07) is 15.0. The number of piperidine rings is 1. The van der Waals surface area contributed by atoms with Gasteiger partial charge in [0.1, 0.15) is 23.3 Å². The van der Waals surface area contributed by atoms with Crippen LogP contribution in [0.2, 0.25) is 0 Å². The van der Waals surface area contributed by atoms with Crippen molar-refractivity contribution in [1.29, 1.82) is 0 Å². The third-order valence-corrected chi connectivity index (χ3v) is 6.53. The molecule has 1 fully saturated rings. The highest BCUT2D eigenvalue weighted by Crippen LogP contribution is 2.28. The fourth-order valence-electron chi connectivity index (χ4n) is 4.50. The van der Waals surface area contributed by atoms with Crippen molar-refractivity contribution in [2.75, 3.05) is 27.3 Å². The van der Waals surface area contributed by atoms with Gasteiger partial charge in [-0.3, -0.25) is 19.8 Å². The normalized spacial score (nSPS) is 15.4. The molecular weight excluding hydrogens is 460 g/mol. The fraction of sp³-hybridized carbons (Fsp3) is 0.357. The van der Waals surface area contributed by atoms with Crippen LogP contribution in [-0.4, -0.2) is 49.1 Å². The van der Waals surface area contributed by atoms with Gasteiger partial charge in [-0.25, -0.2) is 0 Å². The molecule has 3 aromatic rings. The second-order valence-corrected chi connectivity index (χ2v) is 9.03. The number of carbonyl (C=O) groups excluding carboxylic acids is 1. The minimum Gasteiger partial charge on any atom is -0.502 e. The number of aromatic hydroxyl groups is 1. The Morgan fingerprint density at radius 2 is 1.64 bits per heavy atom. The molecule has 2 N–H and O–H groups in total. The average molecular weight is 493 g/mol. The zero-order valence-corrected chi connectivity index (χ0v) is 20.8. The van der Waals surface area contributed by atoms with Gasteiger partial charge >= 0.3 is 0 Å². The van der Waals surface area contributed by atoms with Crippen molar-refractivity contribution >= 4 is 5.78 Å². The van der Waals surface area contributed by atoms with Crippen molar-refractivity contribution in [2.45, 2.75) is 38.4 Å². The van der Waals surface area contributed by atoms with E-state index in [0.717, 1.165) is 38.2 Å². The molecule has 190 valence electrons. The zero-order chi connectivity index (χ0) is 25.7. The molecule has 8 nitrogen and oxygen atoms in total. The summed E-state index contributed by atoms with van der Waals surface area (Å²) in [6.07, 6.45) is 1.61. The first-order valence-corrected chi connectivity index (χ1v) is 12.0. The number of aryl methyl sites for hydroxylation is 1. The van der Waals surface area contributed by atoms with Crippen LogP contribution in [0, 0.1) is 6.92 Å².